The van der Waals surface area contributed by atoms with Gasteiger partial charge >= 0.3 is 0 Å². The number of rotatable bonds is 2. The van der Waals surface area contributed by atoms with Crippen LogP contribution in [0.5, 0.6) is 0 Å². The standard InChI is InChI=1S/C11H9N3O3/c1-7-9(11(15)13-12-7)6-8-4-2-3-5-10(8)14(16)17/h2-6H,1H3,(H,13,15). The number of hydrogen-bond donors (Lipinski definition) is 1. The van der Waals surface area contributed by atoms with Crippen LogP contribution in [0.1, 0.15) is 12.5 Å². The molecule has 0 fully saturated rings. The average Bonchev–Trinajstić information content (AvgIpc) is 2.61. The van der Waals surface area contributed by atoms with E-state index in [-0.39, 0.29) is 11.6 Å². The van der Waals surface area contributed by atoms with Crippen molar-refractivity contribution in [3.8, 4) is 0 Å². The van der Waals surface area contributed by atoms with E-state index in [1.54, 1.807) is 25.1 Å². The molecule has 0 saturated heterocycles. The molecule has 6 nitrogen and oxygen atoms in total. The molecule has 0 spiro atoms. The minimum absolute atomic E-state index is 0.0347. The highest BCUT2D eigenvalue weighted by molar-refractivity contribution is 6.26. The Morgan fingerprint density at radius 3 is 2.71 bits per heavy atom. The molecular weight excluding hydrogens is 222 g/mol. The minimum atomic E-state index is -0.480. The van der Waals surface area contributed by atoms with Gasteiger partial charge < -0.3 is 0 Å². The number of carbonyl (C=O) groups is 1. The predicted molar refractivity (Wildman–Crippen MR) is 62.3 cm³/mol. The second-order valence-electron chi connectivity index (χ2n) is 3.51. The van der Waals surface area contributed by atoms with Crippen LogP contribution < -0.4 is 5.43 Å². The highest BCUT2D eigenvalue weighted by atomic mass is 16.6. The van der Waals surface area contributed by atoms with Crippen molar-refractivity contribution in [3.05, 3.63) is 45.5 Å². The Bertz CT molecular complexity index is 561. The van der Waals surface area contributed by atoms with Gasteiger partial charge in [0.05, 0.1) is 21.8 Å². The maximum atomic E-state index is 11.4. The SMILES string of the molecule is CC1=NNC(=O)C1=Cc1ccccc1[N+](=O)[O-]. The molecule has 1 N–H and O–H groups in total. The summed E-state index contributed by atoms with van der Waals surface area (Å²) < 4.78 is 0. The number of hydrogen-bond acceptors (Lipinski definition) is 4. The number of amides is 1. The van der Waals surface area contributed by atoms with Crippen LogP contribution in [0, 0.1) is 10.1 Å². The highest BCUT2D eigenvalue weighted by Gasteiger charge is 2.20. The van der Waals surface area contributed by atoms with Gasteiger partial charge in [-0.15, -0.1) is 0 Å². The molecule has 1 aromatic carbocycles. The molecule has 0 atom stereocenters. The summed E-state index contributed by atoms with van der Waals surface area (Å²) in [6.45, 7) is 1.67. The maximum Gasteiger partial charge on any atom is 0.276 e. The number of nitro benzene ring substituents is 1. The summed E-state index contributed by atoms with van der Waals surface area (Å²) in [5.41, 5.74) is 3.52. The van der Waals surface area contributed by atoms with Gasteiger partial charge in [-0.3, -0.25) is 14.9 Å². The molecule has 0 aliphatic carbocycles. The molecule has 17 heavy (non-hydrogen) atoms. The van der Waals surface area contributed by atoms with E-state index in [1.807, 2.05) is 0 Å². The summed E-state index contributed by atoms with van der Waals surface area (Å²) in [5, 5.41) is 14.6. The fourth-order valence-electron chi connectivity index (χ4n) is 1.52. The van der Waals surface area contributed by atoms with Gasteiger partial charge in [0.25, 0.3) is 11.6 Å². The van der Waals surface area contributed by atoms with Crippen LogP contribution in [0.25, 0.3) is 6.08 Å². The third-order valence-electron chi connectivity index (χ3n) is 2.39. The van der Waals surface area contributed by atoms with Crippen molar-refractivity contribution >= 4 is 23.4 Å². The number of nitrogens with zero attached hydrogens (tertiary/aromatic N) is 2. The van der Waals surface area contributed by atoms with Gasteiger partial charge in [0.1, 0.15) is 0 Å². The first kappa shape index (κ1) is 11.0. The Kier molecular flexibility index (Phi) is 2.70. The lowest BCUT2D eigenvalue weighted by Gasteiger charge is -1.98. The van der Waals surface area contributed by atoms with Crippen molar-refractivity contribution in [3.63, 3.8) is 0 Å². The van der Waals surface area contributed by atoms with Gasteiger partial charge in [-0.25, -0.2) is 5.43 Å². The lowest BCUT2D eigenvalue weighted by Crippen LogP contribution is -2.12. The largest absolute Gasteiger partial charge is 0.276 e. The van der Waals surface area contributed by atoms with Crippen molar-refractivity contribution in [2.75, 3.05) is 0 Å². The lowest BCUT2D eigenvalue weighted by molar-refractivity contribution is -0.385. The molecule has 2 rings (SSSR count). The summed E-state index contributed by atoms with van der Waals surface area (Å²) in [4.78, 5) is 21.7. The zero-order valence-electron chi connectivity index (χ0n) is 9.01. The molecule has 0 aromatic heterocycles. The van der Waals surface area contributed by atoms with Crippen LogP contribution in [0.15, 0.2) is 34.9 Å². The molecular formula is C11H9N3O3. The third kappa shape index (κ3) is 2.05. The molecule has 86 valence electrons. The van der Waals surface area contributed by atoms with Crippen LogP contribution in [-0.4, -0.2) is 16.5 Å². The second-order valence-corrected chi connectivity index (χ2v) is 3.51. The minimum Gasteiger partial charge on any atom is -0.267 e. The molecule has 6 heteroatoms. The first-order chi connectivity index (χ1) is 8.09. The molecule has 0 saturated carbocycles. The van der Waals surface area contributed by atoms with Crippen molar-refractivity contribution in [1.82, 2.24) is 5.43 Å². The summed E-state index contributed by atoms with van der Waals surface area (Å²) in [6, 6.07) is 6.24. The Balaban J connectivity index is 2.49. The normalized spacial score (nSPS) is 16.9. The van der Waals surface area contributed by atoms with Gasteiger partial charge in [0.15, 0.2) is 0 Å². The topological polar surface area (TPSA) is 84.6 Å². The van der Waals surface area contributed by atoms with E-state index in [2.05, 4.69) is 10.5 Å². The Morgan fingerprint density at radius 1 is 1.41 bits per heavy atom. The Hall–Kier alpha value is -2.50. The summed E-state index contributed by atoms with van der Waals surface area (Å²) >= 11 is 0. The zero-order chi connectivity index (χ0) is 12.4. The van der Waals surface area contributed by atoms with Gasteiger partial charge in [-0.05, 0) is 19.1 Å². The number of benzene rings is 1. The summed E-state index contributed by atoms with van der Waals surface area (Å²) in [6.07, 6.45) is 1.47. The van der Waals surface area contributed by atoms with Crippen LogP contribution in [0.2, 0.25) is 0 Å². The molecule has 1 aliphatic rings. The van der Waals surface area contributed by atoms with Crippen molar-refractivity contribution in [2.24, 2.45) is 5.10 Å². The average molecular weight is 231 g/mol. The summed E-state index contributed by atoms with van der Waals surface area (Å²) in [7, 11) is 0. The van der Waals surface area contributed by atoms with E-state index in [1.165, 1.54) is 12.1 Å². The van der Waals surface area contributed by atoms with Crippen molar-refractivity contribution in [2.45, 2.75) is 6.92 Å². The quantitative estimate of drug-likeness (QED) is 0.475. The molecule has 0 radical (unpaired) electrons. The van der Waals surface area contributed by atoms with E-state index >= 15 is 0 Å². The number of hydrazone groups is 1. The van der Waals surface area contributed by atoms with Crippen LogP contribution in [0.3, 0.4) is 0 Å². The van der Waals surface area contributed by atoms with Crippen LogP contribution in [-0.2, 0) is 4.79 Å². The number of para-hydroxylation sites is 1. The van der Waals surface area contributed by atoms with Gasteiger partial charge in [0.2, 0.25) is 0 Å². The van der Waals surface area contributed by atoms with Gasteiger partial charge in [-0.1, -0.05) is 12.1 Å². The van der Waals surface area contributed by atoms with Crippen molar-refractivity contribution < 1.29 is 9.72 Å². The third-order valence-corrected chi connectivity index (χ3v) is 2.39. The van der Waals surface area contributed by atoms with E-state index in [9.17, 15) is 14.9 Å². The molecule has 1 aliphatic heterocycles. The fourth-order valence-corrected chi connectivity index (χ4v) is 1.52. The molecule has 1 aromatic rings. The fraction of sp³-hybridized carbons (Fsp3) is 0.0909. The Labute approximate surface area is 96.8 Å². The van der Waals surface area contributed by atoms with Crippen molar-refractivity contribution in [1.29, 1.82) is 0 Å². The first-order valence-electron chi connectivity index (χ1n) is 4.89. The van der Waals surface area contributed by atoms with E-state index in [0.717, 1.165) is 0 Å². The lowest BCUT2D eigenvalue weighted by atomic mass is 10.1. The second kappa shape index (κ2) is 4.17. The van der Waals surface area contributed by atoms with Crippen LogP contribution >= 0.6 is 0 Å². The molecule has 0 bridgehead atoms. The van der Waals surface area contributed by atoms with E-state index < -0.39 is 4.92 Å². The van der Waals surface area contributed by atoms with E-state index in [4.69, 9.17) is 0 Å². The van der Waals surface area contributed by atoms with Gasteiger partial charge in [0, 0.05) is 6.07 Å². The van der Waals surface area contributed by atoms with Gasteiger partial charge in [-0.2, -0.15) is 5.10 Å². The molecule has 0 unspecified atom stereocenters. The first-order valence-corrected chi connectivity index (χ1v) is 4.89. The molecule has 1 amide bonds. The van der Waals surface area contributed by atoms with E-state index in [0.29, 0.717) is 16.8 Å². The maximum absolute atomic E-state index is 11.4. The predicted octanol–water partition coefficient (Wildman–Crippen LogP) is 1.48. The van der Waals surface area contributed by atoms with Crippen LogP contribution in [0.4, 0.5) is 5.69 Å². The number of nitrogens with one attached hydrogen (secondary N) is 1. The summed E-state index contributed by atoms with van der Waals surface area (Å²) in [5.74, 6) is -0.347. The monoisotopic (exact) mass is 231 g/mol. The highest BCUT2D eigenvalue weighted by Crippen LogP contribution is 2.21. The number of carbonyl (C=O) groups excluding carboxylic acids is 1. The molecule has 1 heterocycles. The zero-order valence-corrected chi connectivity index (χ0v) is 9.01. The smallest absolute Gasteiger partial charge is 0.267 e. The number of nitro groups is 1. The Morgan fingerprint density at radius 2 is 2.12 bits per heavy atom.